The number of nitrogens with zero attached hydrogens (tertiary/aromatic N) is 1. The zero-order chi connectivity index (χ0) is 20.6. The number of carbonyl (C=O) groups excluding carboxylic acids is 2. The Balaban J connectivity index is 2.11. The van der Waals surface area contributed by atoms with E-state index in [9.17, 15) is 14.7 Å². The lowest BCUT2D eigenvalue weighted by Gasteiger charge is -2.30. The highest BCUT2D eigenvalue weighted by molar-refractivity contribution is 5.76. The minimum atomic E-state index is -1.13. The summed E-state index contributed by atoms with van der Waals surface area (Å²) in [6.45, 7) is 4.73. The van der Waals surface area contributed by atoms with Crippen molar-refractivity contribution in [3.8, 4) is 0 Å². The number of aliphatic hydroxyl groups is 1. The number of ether oxygens (including phenoxy) is 2. The lowest BCUT2D eigenvalue weighted by Crippen LogP contribution is -2.47. The normalized spacial score (nSPS) is 16.5. The zero-order valence-corrected chi connectivity index (χ0v) is 16.9. The monoisotopic (exact) mass is 393 g/mol. The van der Waals surface area contributed by atoms with Crippen LogP contribution in [0.3, 0.4) is 0 Å². The maximum Gasteiger partial charge on any atom is 0.528 e. The van der Waals surface area contributed by atoms with Gasteiger partial charge in [0.05, 0.1) is 13.2 Å². The van der Waals surface area contributed by atoms with E-state index in [0.29, 0.717) is 0 Å². The second kappa shape index (κ2) is 10.4. The van der Waals surface area contributed by atoms with Gasteiger partial charge in [-0.05, 0) is 52.0 Å². The summed E-state index contributed by atoms with van der Waals surface area (Å²) in [5.74, 6) is -0.603. The number of rotatable bonds is 7. The molecule has 0 radical (unpaired) electrons. The molecule has 1 aliphatic carbocycles. The summed E-state index contributed by atoms with van der Waals surface area (Å²) < 4.78 is 10.8. The van der Waals surface area contributed by atoms with Gasteiger partial charge in [0.2, 0.25) is 0 Å². The lowest BCUT2D eigenvalue weighted by atomic mass is 9.98. The van der Waals surface area contributed by atoms with Crippen LogP contribution in [0.5, 0.6) is 0 Å². The van der Waals surface area contributed by atoms with Crippen LogP contribution < -0.4 is 0 Å². The van der Waals surface area contributed by atoms with Crippen LogP contribution in [-0.4, -0.2) is 46.6 Å². The molecule has 1 fully saturated rings. The van der Waals surface area contributed by atoms with E-state index < -0.39 is 30.4 Å². The second-order valence-electron chi connectivity index (χ2n) is 8.01. The molecule has 1 saturated carbocycles. The zero-order valence-electron chi connectivity index (χ0n) is 16.9. The van der Waals surface area contributed by atoms with Gasteiger partial charge in [0, 0.05) is 0 Å². The molecule has 0 heterocycles. The summed E-state index contributed by atoms with van der Waals surface area (Å²) >= 11 is 0. The molecule has 0 spiro atoms. The Kier molecular flexibility index (Phi) is 8.26. The predicted octanol–water partition coefficient (Wildman–Crippen LogP) is 3.59. The topological polar surface area (TPSA) is 85.3 Å². The third-order valence-electron chi connectivity index (χ3n) is 4.39. The van der Waals surface area contributed by atoms with Crippen LogP contribution in [0.1, 0.15) is 58.4 Å². The fraction of sp³-hybridized carbons (Fsp3) is 0.619. The third kappa shape index (κ3) is 7.48. The van der Waals surface area contributed by atoms with E-state index >= 15 is 0 Å². The van der Waals surface area contributed by atoms with E-state index in [1.807, 2.05) is 30.3 Å². The van der Waals surface area contributed by atoms with Crippen molar-refractivity contribution >= 4 is 12.1 Å². The highest BCUT2D eigenvalue weighted by atomic mass is 16.8. The van der Waals surface area contributed by atoms with Crippen LogP contribution in [-0.2, 0) is 25.7 Å². The molecular weight excluding hydrogens is 362 g/mol. The molecule has 0 aromatic heterocycles. The van der Waals surface area contributed by atoms with Gasteiger partial charge >= 0.3 is 12.1 Å². The van der Waals surface area contributed by atoms with Gasteiger partial charge < -0.3 is 19.4 Å². The van der Waals surface area contributed by atoms with Crippen molar-refractivity contribution in [1.82, 2.24) is 5.06 Å². The number of hydroxylamine groups is 2. The quantitative estimate of drug-likeness (QED) is 0.560. The molecule has 0 bridgehead atoms. The van der Waals surface area contributed by atoms with Crippen molar-refractivity contribution in [2.75, 3.05) is 6.61 Å². The Morgan fingerprint density at radius 3 is 2.36 bits per heavy atom. The largest absolute Gasteiger partial charge is 0.528 e. The number of hydrogen-bond acceptors (Lipinski definition) is 7. The minimum Gasteiger partial charge on any atom is -0.461 e. The molecule has 0 saturated heterocycles. The summed E-state index contributed by atoms with van der Waals surface area (Å²) in [5.41, 5.74) is 0.0716. The molecule has 0 amide bonds. The average molecular weight is 393 g/mol. The van der Waals surface area contributed by atoms with Gasteiger partial charge in [0.25, 0.3) is 0 Å². The summed E-state index contributed by atoms with van der Waals surface area (Å²) in [6.07, 6.45) is 3.71. The molecule has 7 heteroatoms. The number of carbonyl (C=O) groups is 2. The second-order valence-corrected chi connectivity index (χ2v) is 8.01. The number of benzene rings is 1. The van der Waals surface area contributed by atoms with Crippen LogP contribution >= 0.6 is 0 Å². The van der Waals surface area contributed by atoms with Crippen molar-refractivity contribution in [1.29, 1.82) is 0 Å². The molecule has 28 heavy (non-hydrogen) atoms. The number of aliphatic hydroxyl groups excluding tert-OH is 1. The maximum atomic E-state index is 12.7. The van der Waals surface area contributed by atoms with E-state index in [0.717, 1.165) is 42.7 Å². The molecule has 1 N–H and O–H groups in total. The highest BCUT2D eigenvalue weighted by Gasteiger charge is 2.33. The van der Waals surface area contributed by atoms with Crippen LogP contribution in [0, 0.1) is 0 Å². The molecule has 1 aliphatic rings. The Labute approximate surface area is 166 Å². The molecule has 1 aromatic rings. The fourth-order valence-corrected chi connectivity index (χ4v) is 3.04. The average Bonchev–Trinajstić information content (AvgIpc) is 2.62. The van der Waals surface area contributed by atoms with E-state index in [1.165, 1.54) is 0 Å². The molecule has 7 nitrogen and oxygen atoms in total. The van der Waals surface area contributed by atoms with Crippen LogP contribution in [0.25, 0.3) is 0 Å². The standard InChI is InChI=1S/C21H31NO6/c1-21(2,3)27-20(25)28-22(14-16-10-6-4-7-11-16)18(15-23)19(24)26-17-12-8-5-9-13-17/h4,6-7,10-11,17-18,23H,5,8-9,12-15H2,1-3H3/t18-/m0/s1. The van der Waals surface area contributed by atoms with Gasteiger partial charge in [-0.25, -0.2) is 4.79 Å². The SMILES string of the molecule is CC(C)(C)OC(=O)ON(Cc1ccccc1)[C@@H](CO)C(=O)OC1CCCCC1. The molecule has 1 atom stereocenters. The van der Waals surface area contributed by atoms with Crippen molar-refractivity contribution in [2.24, 2.45) is 0 Å². The van der Waals surface area contributed by atoms with Gasteiger partial charge in [-0.15, -0.1) is 5.06 Å². The Hall–Kier alpha value is -2.12. The predicted molar refractivity (Wildman–Crippen MR) is 103 cm³/mol. The first-order chi connectivity index (χ1) is 13.3. The molecule has 156 valence electrons. The Morgan fingerprint density at radius 2 is 1.79 bits per heavy atom. The molecule has 1 aromatic carbocycles. The van der Waals surface area contributed by atoms with Crippen LogP contribution in [0.4, 0.5) is 4.79 Å². The van der Waals surface area contributed by atoms with Crippen molar-refractivity contribution < 1.29 is 29.0 Å². The first-order valence-corrected chi connectivity index (χ1v) is 9.81. The van der Waals surface area contributed by atoms with E-state index in [1.54, 1.807) is 20.8 Å². The van der Waals surface area contributed by atoms with Crippen molar-refractivity contribution in [2.45, 2.75) is 77.2 Å². The molecular formula is C21H31NO6. The summed E-state index contributed by atoms with van der Waals surface area (Å²) in [5, 5.41) is 11.0. The van der Waals surface area contributed by atoms with Gasteiger partial charge in [-0.3, -0.25) is 4.79 Å². The Morgan fingerprint density at radius 1 is 1.14 bits per heavy atom. The fourth-order valence-electron chi connectivity index (χ4n) is 3.04. The van der Waals surface area contributed by atoms with Gasteiger partial charge in [0.15, 0.2) is 6.04 Å². The van der Waals surface area contributed by atoms with Crippen molar-refractivity contribution in [3.05, 3.63) is 35.9 Å². The van der Waals surface area contributed by atoms with E-state index in [4.69, 9.17) is 14.3 Å². The van der Waals surface area contributed by atoms with Crippen LogP contribution in [0.2, 0.25) is 0 Å². The smallest absolute Gasteiger partial charge is 0.461 e. The molecule has 0 unspecified atom stereocenters. The first-order valence-electron chi connectivity index (χ1n) is 9.81. The summed E-state index contributed by atoms with van der Waals surface area (Å²) in [6, 6.07) is 8.10. The number of esters is 1. The van der Waals surface area contributed by atoms with Gasteiger partial charge in [-0.2, -0.15) is 0 Å². The highest BCUT2D eigenvalue weighted by Crippen LogP contribution is 2.22. The van der Waals surface area contributed by atoms with Crippen molar-refractivity contribution in [3.63, 3.8) is 0 Å². The Bertz CT molecular complexity index is 622. The number of hydrogen-bond donors (Lipinski definition) is 1. The van der Waals surface area contributed by atoms with E-state index in [2.05, 4.69) is 0 Å². The van der Waals surface area contributed by atoms with E-state index in [-0.39, 0.29) is 12.6 Å². The molecule has 0 aliphatic heterocycles. The maximum absolute atomic E-state index is 12.7. The van der Waals surface area contributed by atoms with Crippen LogP contribution in [0.15, 0.2) is 30.3 Å². The lowest BCUT2D eigenvalue weighted by molar-refractivity contribution is -0.200. The first kappa shape index (κ1) is 22.2. The summed E-state index contributed by atoms with van der Waals surface area (Å²) in [4.78, 5) is 30.2. The summed E-state index contributed by atoms with van der Waals surface area (Å²) in [7, 11) is 0. The third-order valence-corrected chi connectivity index (χ3v) is 4.39. The minimum absolute atomic E-state index is 0.116. The molecule has 2 rings (SSSR count). The van der Waals surface area contributed by atoms with Gasteiger partial charge in [-0.1, -0.05) is 36.8 Å². The van der Waals surface area contributed by atoms with Gasteiger partial charge in [0.1, 0.15) is 11.7 Å².